The van der Waals surface area contributed by atoms with Crippen molar-refractivity contribution in [1.29, 1.82) is 0 Å². The molecular formula is C29H22ClN5O2S. The molecule has 1 unspecified atom stereocenters. The quantitative estimate of drug-likeness (QED) is 0.243. The van der Waals surface area contributed by atoms with Crippen LogP contribution in [0.2, 0.25) is 5.02 Å². The molecule has 0 saturated carbocycles. The van der Waals surface area contributed by atoms with Gasteiger partial charge in [-0.2, -0.15) is 0 Å². The van der Waals surface area contributed by atoms with Crippen molar-refractivity contribution in [2.45, 2.75) is 12.5 Å². The van der Waals surface area contributed by atoms with Crippen molar-refractivity contribution in [2.75, 3.05) is 0 Å². The van der Waals surface area contributed by atoms with Gasteiger partial charge in [-0.05, 0) is 42.0 Å². The van der Waals surface area contributed by atoms with Gasteiger partial charge in [0.25, 0.3) is 5.91 Å². The summed E-state index contributed by atoms with van der Waals surface area (Å²) in [6, 6.07) is 20.5. The third-order valence-corrected chi connectivity index (χ3v) is 7.40. The van der Waals surface area contributed by atoms with Crippen LogP contribution in [0.15, 0.2) is 95.1 Å². The highest BCUT2D eigenvalue weighted by Crippen LogP contribution is 2.29. The molecule has 38 heavy (non-hydrogen) atoms. The zero-order chi connectivity index (χ0) is 26.1. The van der Waals surface area contributed by atoms with E-state index in [-0.39, 0.29) is 11.7 Å². The van der Waals surface area contributed by atoms with Gasteiger partial charge in [-0.15, -0.1) is 11.3 Å². The summed E-state index contributed by atoms with van der Waals surface area (Å²) in [5.74, 6) is 0.582. The van der Waals surface area contributed by atoms with Crippen LogP contribution < -0.4 is 5.32 Å². The molecule has 4 aromatic heterocycles. The first-order valence-corrected chi connectivity index (χ1v) is 13.2. The van der Waals surface area contributed by atoms with Crippen molar-refractivity contribution in [3.8, 4) is 21.8 Å². The molecule has 1 atom stereocenters. The first-order valence-electron chi connectivity index (χ1n) is 12.0. The van der Waals surface area contributed by atoms with E-state index in [0.717, 1.165) is 32.9 Å². The van der Waals surface area contributed by atoms with Crippen LogP contribution in [0.3, 0.4) is 0 Å². The Hall–Kier alpha value is -4.27. The molecule has 9 heteroatoms. The highest BCUT2D eigenvalue weighted by atomic mass is 35.5. The van der Waals surface area contributed by atoms with Gasteiger partial charge in [0.05, 0.1) is 17.9 Å². The Morgan fingerprint density at radius 1 is 1.03 bits per heavy atom. The Kier molecular flexibility index (Phi) is 6.49. The Labute approximate surface area is 227 Å². The molecule has 4 heterocycles. The van der Waals surface area contributed by atoms with E-state index in [1.165, 1.54) is 0 Å². The highest BCUT2D eigenvalue weighted by molar-refractivity contribution is 7.13. The SMILES string of the molecule is Cn1c(-c2ccc(-c3nccs3)cc2)cnc1C(Cc1ccccn1)NC(=O)c1cc2cc(Cl)ccc2o1. The summed E-state index contributed by atoms with van der Waals surface area (Å²) in [7, 11) is 1.95. The number of furan rings is 1. The van der Waals surface area contributed by atoms with Crippen LogP contribution in [-0.2, 0) is 13.5 Å². The van der Waals surface area contributed by atoms with Crippen molar-refractivity contribution >= 4 is 39.8 Å². The van der Waals surface area contributed by atoms with Gasteiger partial charge < -0.3 is 14.3 Å². The normalized spacial score (nSPS) is 12.1. The average Bonchev–Trinajstić information content (AvgIpc) is 3.69. The minimum atomic E-state index is -0.442. The summed E-state index contributed by atoms with van der Waals surface area (Å²) < 4.78 is 7.81. The van der Waals surface area contributed by atoms with Gasteiger partial charge >= 0.3 is 0 Å². The first-order chi connectivity index (χ1) is 18.5. The third-order valence-electron chi connectivity index (χ3n) is 6.34. The van der Waals surface area contributed by atoms with E-state index in [0.29, 0.717) is 22.9 Å². The molecule has 0 aliphatic rings. The maximum atomic E-state index is 13.3. The van der Waals surface area contributed by atoms with Crippen molar-refractivity contribution in [3.05, 3.63) is 113 Å². The molecule has 0 spiro atoms. The molecule has 2 aromatic carbocycles. The number of benzene rings is 2. The molecule has 6 rings (SSSR count). The second-order valence-corrected chi connectivity index (χ2v) is 10.2. The lowest BCUT2D eigenvalue weighted by Crippen LogP contribution is -2.31. The summed E-state index contributed by atoms with van der Waals surface area (Å²) in [5, 5.41) is 7.41. The second-order valence-electron chi connectivity index (χ2n) is 8.82. The molecule has 1 N–H and O–H groups in total. The smallest absolute Gasteiger partial charge is 0.287 e. The number of aromatic nitrogens is 4. The highest BCUT2D eigenvalue weighted by Gasteiger charge is 2.24. The predicted octanol–water partition coefficient (Wildman–Crippen LogP) is 6.72. The van der Waals surface area contributed by atoms with E-state index in [1.54, 1.807) is 48.0 Å². The number of fused-ring (bicyclic) bond motifs is 1. The van der Waals surface area contributed by atoms with Crippen LogP contribution in [0.25, 0.3) is 32.8 Å². The number of halogens is 1. The number of nitrogens with zero attached hydrogens (tertiary/aromatic N) is 4. The maximum absolute atomic E-state index is 13.3. The number of thiazole rings is 1. The summed E-state index contributed by atoms with van der Waals surface area (Å²) >= 11 is 7.71. The van der Waals surface area contributed by atoms with Gasteiger partial charge in [0.15, 0.2) is 5.76 Å². The predicted molar refractivity (Wildman–Crippen MR) is 149 cm³/mol. The number of hydrogen-bond acceptors (Lipinski definition) is 6. The van der Waals surface area contributed by atoms with Gasteiger partial charge in [0, 0.05) is 52.9 Å². The fraction of sp³-hybridized carbons (Fsp3) is 0.103. The molecule has 0 radical (unpaired) electrons. The topological polar surface area (TPSA) is 85.8 Å². The van der Waals surface area contributed by atoms with E-state index in [4.69, 9.17) is 21.0 Å². The van der Waals surface area contributed by atoms with Crippen molar-refractivity contribution in [1.82, 2.24) is 24.8 Å². The number of rotatable bonds is 7. The van der Waals surface area contributed by atoms with Crippen LogP contribution in [0.1, 0.15) is 28.1 Å². The van der Waals surface area contributed by atoms with Gasteiger partial charge in [-0.1, -0.05) is 41.9 Å². The molecular weight excluding hydrogens is 518 g/mol. The molecule has 0 bridgehead atoms. The molecule has 0 aliphatic carbocycles. The minimum Gasteiger partial charge on any atom is -0.451 e. The van der Waals surface area contributed by atoms with E-state index < -0.39 is 6.04 Å². The number of imidazole rings is 1. The van der Waals surface area contributed by atoms with Gasteiger partial charge in [0.1, 0.15) is 16.4 Å². The van der Waals surface area contributed by atoms with Gasteiger partial charge in [-0.25, -0.2) is 9.97 Å². The summed E-state index contributed by atoms with van der Waals surface area (Å²) in [6.07, 6.45) is 5.84. The average molecular weight is 540 g/mol. The number of carbonyl (C=O) groups excluding carboxylic acids is 1. The molecule has 188 valence electrons. The van der Waals surface area contributed by atoms with Gasteiger partial charge in [0.2, 0.25) is 0 Å². The largest absolute Gasteiger partial charge is 0.451 e. The number of pyridine rings is 1. The fourth-order valence-corrected chi connectivity index (χ4v) is 5.28. The first kappa shape index (κ1) is 24.1. The van der Waals surface area contributed by atoms with Crippen LogP contribution in [-0.4, -0.2) is 25.4 Å². The van der Waals surface area contributed by atoms with E-state index >= 15 is 0 Å². The fourth-order valence-electron chi connectivity index (χ4n) is 4.46. The second kappa shape index (κ2) is 10.2. The Balaban J connectivity index is 1.31. The summed E-state index contributed by atoms with van der Waals surface area (Å²) in [5.41, 5.74) is 4.46. The zero-order valence-electron chi connectivity index (χ0n) is 20.3. The Morgan fingerprint density at radius 2 is 1.87 bits per heavy atom. The van der Waals surface area contributed by atoms with Crippen molar-refractivity contribution in [3.63, 3.8) is 0 Å². The molecule has 0 fully saturated rings. The number of hydrogen-bond donors (Lipinski definition) is 1. The van der Waals surface area contributed by atoms with Crippen molar-refractivity contribution in [2.24, 2.45) is 7.05 Å². The molecule has 0 aliphatic heterocycles. The molecule has 6 aromatic rings. The Morgan fingerprint density at radius 3 is 2.63 bits per heavy atom. The van der Waals surface area contributed by atoms with Gasteiger partial charge in [-0.3, -0.25) is 9.78 Å². The van der Waals surface area contributed by atoms with E-state index in [1.807, 2.05) is 41.4 Å². The Bertz CT molecular complexity index is 1710. The van der Waals surface area contributed by atoms with Crippen LogP contribution in [0.5, 0.6) is 0 Å². The van der Waals surface area contributed by atoms with Crippen molar-refractivity contribution < 1.29 is 9.21 Å². The lowest BCUT2D eigenvalue weighted by molar-refractivity contribution is 0.0908. The summed E-state index contributed by atoms with van der Waals surface area (Å²) in [4.78, 5) is 26.9. The summed E-state index contributed by atoms with van der Waals surface area (Å²) in [6.45, 7) is 0. The molecule has 0 saturated heterocycles. The standard InChI is InChI=1S/C29H22ClN5O2S/c1-35-24(18-5-7-19(8-6-18)29-32-12-13-38-29)17-33-27(35)23(16-22-4-2-3-11-31-22)34-28(36)26-15-20-14-21(30)9-10-25(20)37-26/h2-15,17,23H,16H2,1H3,(H,34,36). The lowest BCUT2D eigenvalue weighted by atomic mass is 10.1. The lowest BCUT2D eigenvalue weighted by Gasteiger charge is -2.18. The number of carbonyl (C=O) groups is 1. The van der Waals surface area contributed by atoms with Crippen LogP contribution in [0.4, 0.5) is 0 Å². The molecule has 1 amide bonds. The molecule has 7 nitrogen and oxygen atoms in total. The third kappa shape index (κ3) is 4.83. The van der Waals surface area contributed by atoms with Crippen LogP contribution >= 0.6 is 22.9 Å². The zero-order valence-corrected chi connectivity index (χ0v) is 21.9. The number of amides is 1. The number of nitrogens with one attached hydrogen (secondary N) is 1. The van der Waals surface area contributed by atoms with E-state index in [2.05, 4.69) is 39.6 Å². The minimum absolute atomic E-state index is 0.209. The maximum Gasteiger partial charge on any atom is 0.287 e. The van der Waals surface area contributed by atoms with Crippen LogP contribution in [0, 0.1) is 0 Å². The monoisotopic (exact) mass is 539 g/mol. The van der Waals surface area contributed by atoms with E-state index in [9.17, 15) is 4.79 Å².